The molecule has 1 aliphatic rings. The second kappa shape index (κ2) is 12.3. The monoisotopic (exact) mass is 725 g/mol. The summed E-state index contributed by atoms with van der Waals surface area (Å²) in [5.41, 5.74) is 12.2. The molecule has 2 nitrogen and oxygen atoms in total. The predicted octanol–water partition coefficient (Wildman–Crippen LogP) is 14.9. The van der Waals surface area contributed by atoms with E-state index in [1.54, 1.807) is 0 Å². The number of fused-ring (bicyclic) bond motifs is 10. The van der Waals surface area contributed by atoms with Gasteiger partial charge in [0, 0.05) is 33.6 Å². The number of rotatable bonds is 5. The summed E-state index contributed by atoms with van der Waals surface area (Å²) in [5, 5.41) is 9.59. The van der Waals surface area contributed by atoms with Gasteiger partial charge in [0.05, 0.1) is 11.1 Å². The average molecular weight is 726 g/mol. The number of anilines is 3. The largest absolute Gasteiger partial charge is 0.456 e. The molecule has 0 saturated carbocycles. The van der Waals surface area contributed by atoms with Crippen LogP contribution in [0.5, 0.6) is 0 Å². The lowest BCUT2D eigenvalue weighted by Crippen LogP contribution is -2.28. The number of hydrogen-bond acceptors (Lipinski definition) is 2. The molecule has 0 N–H and O–H groups in total. The Morgan fingerprint density at radius 1 is 0.333 bits per heavy atom. The van der Waals surface area contributed by atoms with Gasteiger partial charge in [0.1, 0.15) is 11.2 Å². The fourth-order valence-electron chi connectivity index (χ4n) is 9.81. The summed E-state index contributed by atoms with van der Waals surface area (Å²) in [5.74, 6) is 0. The van der Waals surface area contributed by atoms with E-state index in [4.69, 9.17) is 4.42 Å². The van der Waals surface area contributed by atoms with E-state index in [0.29, 0.717) is 0 Å². The summed E-state index contributed by atoms with van der Waals surface area (Å²) in [6.07, 6.45) is 0. The molecular formula is C55H35NO. The third kappa shape index (κ3) is 4.65. The normalized spacial score (nSPS) is 13.1. The molecule has 57 heavy (non-hydrogen) atoms. The van der Waals surface area contributed by atoms with Crippen LogP contribution in [0.2, 0.25) is 0 Å². The second-order valence-corrected chi connectivity index (χ2v) is 15.2. The molecule has 0 saturated heterocycles. The van der Waals surface area contributed by atoms with Gasteiger partial charge >= 0.3 is 0 Å². The van der Waals surface area contributed by atoms with E-state index in [9.17, 15) is 0 Å². The van der Waals surface area contributed by atoms with Crippen molar-refractivity contribution in [2.24, 2.45) is 0 Å². The summed E-state index contributed by atoms with van der Waals surface area (Å²) < 4.78 is 6.49. The summed E-state index contributed by atoms with van der Waals surface area (Å²) in [7, 11) is 0. The zero-order chi connectivity index (χ0) is 37.5. The molecule has 2 heteroatoms. The highest BCUT2D eigenvalue weighted by atomic mass is 16.3. The molecule has 10 aromatic carbocycles. The topological polar surface area (TPSA) is 16.4 Å². The van der Waals surface area contributed by atoms with Crippen molar-refractivity contribution in [1.82, 2.24) is 0 Å². The minimum Gasteiger partial charge on any atom is -0.456 e. The lowest BCUT2D eigenvalue weighted by Gasteiger charge is -2.35. The number of furan rings is 1. The SMILES string of the molecule is c1ccc2c(c1)-c1ccccc1C2(c1ccc(N(c2ccc3c(c2)oc2ccccc23)c2cc3ccccc3c3ccccc23)cc1)c1ccc2ccccc2c1. The van der Waals surface area contributed by atoms with Crippen molar-refractivity contribution < 1.29 is 4.42 Å². The molecule has 0 fully saturated rings. The van der Waals surface area contributed by atoms with Crippen molar-refractivity contribution in [3.63, 3.8) is 0 Å². The van der Waals surface area contributed by atoms with Crippen molar-refractivity contribution in [2.75, 3.05) is 4.90 Å². The van der Waals surface area contributed by atoms with E-state index >= 15 is 0 Å². The first-order chi connectivity index (χ1) is 28.3. The van der Waals surface area contributed by atoms with Gasteiger partial charge in [-0.15, -0.1) is 0 Å². The fraction of sp³-hybridized carbons (Fsp3) is 0.0182. The van der Waals surface area contributed by atoms with Crippen LogP contribution in [-0.2, 0) is 5.41 Å². The van der Waals surface area contributed by atoms with Crippen LogP contribution in [0.25, 0.3) is 65.4 Å². The van der Waals surface area contributed by atoms with Crippen molar-refractivity contribution in [2.45, 2.75) is 5.41 Å². The summed E-state index contributed by atoms with van der Waals surface area (Å²) in [4.78, 5) is 2.41. The van der Waals surface area contributed by atoms with E-state index in [2.05, 4.69) is 205 Å². The van der Waals surface area contributed by atoms with Crippen LogP contribution in [0.15, 0.2) is 217 Å². The van der Waals surface area contributed by atoms with Gasteiger partial charge in [0.2, 0.25) is 0 Å². The molecule has 11 aromatic rings. The first-order valence-electron chi connectivity index (χ1n) is 19.7. The molecule has 12 rings (SSSR count). The van der Waals surface area contributed by atoms with Gasteiger partial charge in [-0.2, -0.15) is 0 Å². The smallest absolute Gasteiger partial charge is 0.137 e. The maximum Gasteiger partial charge on any atom is 0.137 e. The van der Waals surface area contributed by atoms with E-state index in [1.807, 2.05) is 12.1 Å². The highest BCUT2D eigenvalue weighted by molar-refractivity contribution is 6.15. The molecule has 0 aliphatic heterocycles. The maximum absolute atomic E-state index is 6.49. The minimum atomic E-state index is -0.511. The van der Waals surface area contributed by atoms with Gasteiger partial charge in [-0.25, -0.2) is 0 Å². The molecule has 0 spiro atoms. The fourth-order valence-corrected chi connectivity index (χ4v) is 9.81. The quantitative estimate of drug-likeness (QED) is 0.164. The zero-order valence-electron chi connectivity index (χ0n) is 31.1. The molecule has 0 amide bonds. The van der Waals surface area contributed by atoms with Crippen LogP contribution in [-0.4, -0.2) is 0 Å². The van der Waals surface area contributed by atoms with Crippen molar-refractivity contribution in [1.29, 1.82) is 0 Å². The highest BCUT2D eigenvalue weighted by Gasteiger charge is 2.46. The first-order valence-corrected chi connectivity index (χ1v) is 19.7. The first kappa shape index (κ1) is 31.9. The summed E-state index contributed by atoms with van der Waals surface area (Å²) in [6, 6.07) is 77.8. The van der Waals surface area contributed by atoms with E-state index in [-0.39, 0.29) is 0 Å². The third-order valence-electron chi connectivity index (χ3n) is 12.3. The van der Waals surface area contributed by atoms with Gasteiger partial charge in [-0.1, -0.05) is 164 Å². The molecule has 1 aliphatic carbocycles. The Morgan fingerprint density at radius 3 is 1.67 bits per heavy atom. The van der Waals surface area contributed by atoms with Crippen molar-refractivity contribution in [3.8, 4) is 11.1 Å². The second-order valence-electron chi connectivity index (χ2n) is 15.2. The third-order valence-corrected chi connectivity index (χ3v) is 12.3. The Bertz CT molecular complexity index is 3330. The maximum atomic E-state index is 6.49. The Labute approximate surface area is 330 Å². The molecular weight excluding hydrogens is 691 g/mol. The predicted molar refractivity (Wildman–Crippen MR) is 238 cm³/mol. The lowest BCUT2D eigenvalue weighted by molar-refractivity contribution is 0.669. The van der Waals surface area contributed by atoms with Crippen molar-refractivity contribution >= 4 is 71.3 Å². The number of benzene rings is 10. The van der Waals surface area contributed by atoms with Gasteiger partial charge in [-0.05, 0) is 103 Å². The van der Waals surface area contributed by atoms with E-state index in [1.165, 1.54) is 65.7 Å². The zero-order valence-corrected chi connectivity index (χ0v) is 31.1. The molecule has 0 unspecified atom stereocenters. The van der Waals surface area contributed by atoms with E-state index < -0.39 is 5.41 Å². The van der Waals surface area contributed by atoms with Gasteiger partial charge < -0.3 is 9.32 Å². The van der Waals surface area contributed by atoms with Crippen LogP contribution in [0, 0.1) is 0 Å². The molecule has 1 heterocycles. The van der Waals surface area contributed by atoms with Crippen LogP contribution >= 0.6 is 0 Å². The molecule has 266 valence electrons. The summed E-state index contributed by atoms with van der Waals surface area (Å²) in [6.45, 7) is 0. The Kier molecular flexibility index (Phi) is 6.88. The molecule has 0 atom stereocenters. The van der Waals surface area contributed by atoms with E-state index in [0.717, 1.165) is 39.0 Å². The van der Waals surface area contributed by atoms with Crippen LogP contribution in [0.4, 0.5) is 17.1 Å². The Hall–Kier alpha value is -7.42. The van der Waals surface area contributed by atoms with Gasteiger partial charge in [-0.3, -0.25) is 0 Å². The molecule has 0 bridgehead atoms. The number of para-hydroxylation sites is 1. The molecule has 1 aromatic heterocycles. The summed E-state index contributed by atoms with van der Waals surface area (Å²) >= 11 is 0. The lowest BCUT2D eigenvalue weighted by atomic mass is 9.67. The standard InChI is InChI=1S/C55H35NO/c1-2-14-37-33-40(26-25-36(37)13-1)55(50-22-10-7-18-45(50)46-19-8-11-23-51(46)55)39-27-29-41(30-28-39)56(42-31-32-49-48-21-9-12-24-53(48)57-54(49)35-42)52-34-38-15-3-4-16-43(38)44-17-5-6-20-47(44)52/h1-35H. The number of nitrogens with zero attached hydrogens (tertiary/aromatic N) is 1. The highest BCUT2D eigenvalue weighted by Crippen LogP contribution is 2.56. The van der Waals surface area contributed by atoms with Crippen LogP contribution in [0.3, 0.4) is 0 Å². The van der Waals surface area contributed by atoms with Gasteiger partial charge in [0.25, 0.3) is 0 Å². The Balaban J connectivity index is 1.11. The average Bonchev–Trinajstić information content (AvgIpc) is 3.80. The van der Waals surface area contributed by atoms with Gasteiger partial charge in [0.15, 0.2) is 0 Å². The Morgan fingerprint density at radius 2 is 0.895 bits per heavy atom. The van der Waals surface area contributed by atoms with Crippen LogP contribution < -0.4 is 4.90 Å². The minimum absolute atomic E-state index is 0.511. The van der Waals surface area contributed by atoms with Crippen LogP contribution in [0.1, 0.15) is 22.3 Å². The molecule has 0 radical (unpaired) electrons. The number of hydrogen-bond donors (Lipinski definition) is 0. The van der Waals surface area contributed by atoms with Crippen molar-refractivity contribution in [3.05, 3.63) is 235 Å².